The van der Waals surface area contributed by atoms with Crippen molar-refractivity contribution >= 4 is 23.6 Å². The van der Waals surface area contributed by atoms with Crippen molar-refractivity contribution in [2.75, 3.05) is 19.4 Å². The van der Waals surface area contributed by atoms with Crippen LogP contribution in [0.2, 0.25) is 0 Å². The van der Waals surface area contributed by atoms with E-state index in [1.807, 2.05) is 49.1 Å². The third-order valence-electron chi connectivity index (χ3n) is 3.12. The van der Waals surface area contributed by atoms with Gasteiger partial charge in [-0.15, -0.1) is 11.8 Å². The van der Waals surface area contributed by atoms with Crippen LogP contribution in [0.1, 0.15) is 25.8 Å². The predicted octanol–water partition coefficient (Wildman–Crippen LogP) is 2.72. The van der Waals surface area contributed by atoms with Crippen LogP contribution in [0.25, 0.3) is 0 Å². The second-order valence-electron chi connectivity index (χ2n) is 4.80. The molecule has 0 saturated carbocycles. The molecule has 0 heterocycles. The van der Waals surface area contributed by atoms with Crippen molar-refractivity contribution < 1.29 is 14.3 Å². The van der Waals surface area contributed by atoms with Gasteiger partial charge in [0.1, 0.15) is 0 Å². The van der Waals surface area contributed by atoms with Crippen molar-refractivity contribution in [2.45, 2.75) is 32.1 Å². The number of thioether (sulfide) groups is 1. The Bertz CT molecular complexity index is 450. The fourth-order valence-electron chi connectivity index (χ4n) is 1.86. The van der Waals surface area contributed by atoms with E-state index in [4.69, 9.17) is 0 Å². The molecule has 1 amide bonds. The summed E-state index contributed by atoms with van der Waals surface area (Å²) in [6, 6.07) is 9.94. The Morgan fingerprint density at radius 2 is 1.95 bits per heavy atom. The summed E-state index contributed by atoms with van der Waals surface area (Å²) in [5, 5.41) is 0.0804. The van der Waals surface area contributed by atoms with Gasteiger partial charge >= 0.3 is 5.97 Å². The Kier molecular flexibility index (Phi) is 7.90. The lowest BCUT2D eigenvalue weighted by Gasteiger charge is -2.21. The molecule has 0 fully saturated rings. The first kappa shape index (κ1) is 17.6. The molecule has 0 aliphatic rings. The third kappa shape index (κ3) is 6.67. The van der Waals surface area contributed by atoms with Crippen molar-refractivity contribution in [3.05, 3.63) is 35.9 Å². The molecule has 0 saturated heterocycles. The minimum absolute atomic E-state index is 0.0804. The zero-order chi connectivity index (χ0) is 15.7. The molecule has 1 aromatic rings. The molecule has 0 radical (unpaired) electrons. The van der Waals surface area contributed by atoms with Gasteiger partial charge in [0.2, 0.25) is 5.91 Å². The van der Waals surface area contributed by atoms with E-state index in [0.29, 0.717) is 25.3 Å². The highest BCUT2D eigenvalue weighted by Gasteiger charge is 2.15. The van der Waals surface area contributed by atoms with Crippen LogP contribution < -0.4 is 0 Å². The maximum absolute atomic E-state index is 12.2. The molecule has 1 aromatic carbocycles. The minimum atomic E-state index is -0.237. The number of esters is 1. The van der Waals surface area contributed by atoms with Crippen LogP contribution in [-0.4, -0.2) is 41.4 Å². The Labute approximate surface area is 130 Å². The third-order valence-corrected chi connectivity index (χ3v) is 4.27. The van der Waals surface area contributed by atoms with E-state index >= 15 is 0 Å². The van der Waals surface area contributed by atoms with E-state index in [2.05, 4.69) is 4.74 Å². The number of benzene rings is 1. The number of hydrogen-bond acceptors (Lipinski definition) is 4. The maximum atomic E-state index is 12.2. The number of ether oxygens (including phenoxy) is 1. The maximum Gasteiger partial charge on any atom is 0.306 e. The normalized spacial score (nSPS) is 11.8. The standard InChI is InChI=1S/C16H23NO3S/c1-4-17(11-14-8-6-5-7-9-14)15(18)12-21-13(2)10-16(19)20-3/h5-9,13H,4,10-12H2,1-3H3. The summed E-state index contributed by atoms with van der Waals surface area (Å²) in [5.41, 5.74) is 1.13. The summed E-state index contributed by atoms with van der Waals surface area (Å²) >= 11 is 1.49. The molecule has 0 bridgehead atoms. The van der Waals surface area contributed by atoms with Crippen molar-refractivity contribution in [3.8, 4) is 0 Å². The number of hydrogen-bond donors (Lipinski definition) is 0. The monoisotopic (exact) mass is 309 g/mol. The summed E-state index contributed by atoms with van der Waals surface area (Å²) in [6.07, 6.45) is 0.333. The van der Waals surface area contributed by atoms with E-state index in [0.717, 1.165) is 5.56 Å². The van der Waals surface area contributed by atoms with E-state index in [9.17, 15) is 9.59 Å². The summed E-state index contributed by atoms with van der Waals surface area (Å²) in [7, 11) is 1.38. The van der Waals surface area contributed by atoms with E-state index < -0.39 is 0 Å². The van der Waals surface area contributed by atoms with Crippen molar-refractivity contribution in [3.63, 3.8) is 0 Å². The fraction of sp³-hybridized carbons (Fsp3) is 0.500. The molecule has 4 nitrogen and oxygen atoms in total. The van der Waals surface area contributed by atoms with Gasteiger partial charge in [0, 0.05) is 18.3 Å². The molecule has 0 aliphatic heterocycles. The van der Waals surface area contributed by atoms with Gasteiger partial charge in [-0.1, -0.05) is 37.3 Å². The number of rotatable bonds is 8. The molecule has 1 unspecified atom stereocenters. The van der Waals surface area contributed by atoms with Crippen molar-refractivity contribution in [1.82, 2.24) is 4.90 Å². The summed E-state index contributed by atoms with van der Waals surface area (Å²) in [6.45, 7) is 5.22. The topological polar surface area (TPSA) is 46.6 Å². The molecule has 1 atom stereocenters. The molecule has 1 rings (SSSR count). The van der Waals surface area contributed by atoms with Crippen LogP contribution in [0.15, 0.2) is 30.3 Å². The molecule has 0 spiro atoms. The van der Waals surface area contributed by atoms with E-state index in [-0.39, 0.29) is 17.1 Å². The van der Waals surface area contributed by atoms with Gasteiger partial charge in [-0.05, 0) is 12.5 Å². The van der Waals surface area contributed by atoms with Crippen LogP contribution in [0.3, 0.4) is 0 Å². The SMILES string of the molecule is CCN(Cc1ccccc1)C(=O)CSC(C)CC(=O)OC. The highest BCUT2D eigenvalue weighted by molar-refractivity contribution is 8.00. The zero-order valence-electron chi connectivity index (χ0n) is 12.9. The van der Waals surface area contributed by atoms with E-state index in [1.54, 1.807) is 0 Å². The molecule has 116 valence electrons. The lowest BCUT2D eigenvalue weighted by molar-refractivity contribution is -0.140. The largest absolute Gasteiger partial charge is 0.469 e. The van der Waals surface area contributed by atoms with Gasteiger partial charge in [-0.3, -0.25) is 9.59 Å². The van der Waals surface area contributed by atoms with Crippen molar-refractivity contribution in [1.29, 1.82) is 0 Å². The van der Waals surface area contributed by atoms with E-state index in [1.165, 1.54) is 18.9 Å². The van der Waals surface area contributed by atoms with Gasteiger partial charge in [0.05, 0.1) is 19.3 Å². The molecular formula is C16H23NO3S. The minimum Gasteiger partial charge on any atom is -0.469 e. The zero-order valence-corrected chi connectivity index (χ0v) is 13.7. The lowest BCUT2D eigenvalue weighted by Crippen LogP contribution is -2.32. The van der Waals surface area contributed by atoms with Crippen LogP contribution in [-0.2, 0) is 20.9 Å². The summed E-state index contributed by atoms with van der Waals surface area (Å²) in [4.78, 5) is 25.2. The summed E-state index contributed by atoms with van der Waals surface area (Å²) < 4.78 is 4.63. The Hall–Kier alpha value is -1.49. The van der Waals surface area contributed by atoms with Crippen LogP contribution in [0.4, 0.5) is 0 Å². The van der Waals surface area contributed by atoms with Gasteiger partial charge in [-0.25, -0.2) is 0 Å². The number of carbonyl (C=O) groups excluding carboxylic acids is 2. The smallest absolute Gasteiger partial charge is 0.306 e. The molecule has 0 aromatic heterocycles. The summed E-state index contributed by atoms with van der Waals surface area (Å²) in [5.74, 6) is 0.251. The first-order valence-corrected chi connectivity index (χ1v) is 8.11. The highest BCUT2D eigenvalue weighted by atomic mass is 32.2. The molecule has 0 N–H and O–H groups in total. The average Bonchev–Trinajstić information content (AvgIpc) is 2.51. The van der Waals surface area contributed by atoms with Crippen LogP contribution in [0.5, 0.6) is 0 Å². The van der Waals surface area contributed by atoms with Gasteiger partial charge in [0.25, 0.3) is 0 Å². The van der Waals surface area contributed by atoms with Crippen LogP contribution >= 0.6 is 11.8 Å². The first-order valence-electron chi connectivity index (χ1n) is 7.07. The highest BCUT2D eigenvalue weighted by Crippen LogP contribution is 2.16. The number of amides is 1. The van der Waals surface area contributed by atoms with Crippen LogP contribution in [0, 0.1) is 0 Å². The average molecular weight is 309 g/mol. The molecule has 0 aliphatic carbocycles. The first-order chi connectivity index (χ1) is 10.1. The van der Waals surface area contributed by atoms with Crippen molar-refractivity contribution in [2.24, 2.45) is 0 Å². The quantitative estimate of drug-likeness (QED) is 0.693. The molecule has 5 heteroatoms. The van der Waals surface area contributed by atoms with Gasteiger partial charge in [0.15, 0.2) is 0 Å². The number of carbonyl (C=O) groups is 2. The molecular weight excluding hydrogens is 286 g/mol. The molecule has 21 heavy (non-hydrogen) atoms. The fourth-order valence-corrected chi connectivity index (χ4v) is 2.73. The Balaban J connectivity index is 2.43. The van der Waals surface area contributed by atoms with Gasteiger partial charge in [-0.2, -0.15) is 0 Å². The number of nitrogens with zero attached hydrogens (tertiary/aromatic N) is 1. The second-order valence-corrected chi connectivity index (χ2v) is 6.22. The number of methoxy groups -OCH3 is 1. The Morgan fingerprint density at radius 3 is 2.52 bits per heavy atom. The predicted molar refractivity (Wildman–Crippen MR) is 86.1 cm³/mol. The van der Waals surface area contributed by atoms with Gasteiger partial charge < -0.3 is 9.64 Å². The second kappa shape index (κ2) is 9.45. The Morgan fingerprint density at radius 1 is 1.29 bits per heavy atom. The lowest BCUT2D eigenvalue weighted by atomic mass is 10.2.